The monoisotopic (exact) mass is 436 g/mol. The number of methoxy groups -OCH3 is 1. The van der Waals surface area contributed by atoms with Gasteiger partial charge in [-0.1, -0.05) is 41.6 Å². The lowest BCUT2D eigenvalue weighted by atomic mass is 10.2. The van der Waals surface area contributed by atoms with Crippen molar-refractivity contribution >= 4 is 40.2 Å². The molecule has 4 rings (SSSR count). The van der Waals surface area contributed by atoms with Gasteiger partial charge in [-0.05, 0) is 55.8 Å². The fourth-order valence-corrected chi connectivity index (χ4v) is 4.72. The van der Waals surface area contributed by atoms with Crippen molar-refractivity contribution in [2.75, 3.05) is 7.11 Å². The summed E-state index contributed by atoms with van der Waals surface area (Å²) in [6, 6.07) is 17.6. The molecular weight excluding hydrogens is 416 g/mol. The van der Waals surface area contributed by atoms with Gasteiger partial charge in [0.2, 0.25) is 0 Å². The molecule has 152 valence electrons. The third-order valence-electron chi connectivity index (χ3n) is 5.02. The number of pyridine rings is 1. The first kappa shape index (κ1) is 20.5. The van der Waals surface area contributed by atoms with Gasteiger partial charge in [0.15, 0.2) is 0 Å². The molecule has 4 aromatic rings. The van der Waals surface area contributed by atoms with E-state index >= 15 is 0 Å². The number of carbonyl (C=O) groups is 1. The van der Waals surface area contributed by atoms with E-state index in [1.54, 1.807) is 17.8 Å². The lowest BCUT2D eigenvalue weighted by Crippen LogP contribution is -2.02. The normalized spacial score (nSPS) is 11.1. The minimum absolute atomic E-state index is 0.338. The molecule has 0 aliphatic carbocycles. The summed E-state index contributed by atoms with van der Waals surface area (Å²) in [6.45, 7) is 4.80. The first-order valence-corrected chi connectivity index (χ1v) is 10.7. The number of aromatic nitrogens is 2. The van der Waals surface area contributed by atoms with Gasteiger partial charge in [0.05, 0.1) is 18.2 Å². The summed E-state index contributed by atoms with van der Waals surface area (Å²) >= 11 is 7.96. The molecule has 0 amide bonds. The van der Waals surface area contributed by atoms with Gasteiger partial charge in [-0.2, -0.15) is 0 Å². The zero-order valence-corrected chi connectivity index (χ0v) is 18.6. The molecule has 0 unspecified atom stereocenters. The minimum Gasteiger partial charge on any atom is -0.465 e. The van der Waals surface area contributed by atoms with Gasteiger partial charge < -0.3 is 9.30 Å². The van der Waals surface area contributed by atoms with Gasteiger partial charge in [0, 0.05) is 44.3 Å². The summed E-state index contributed by atoms with van der Waals surface area (Å²) in [5.41, 5.74) is 4.88. The van der Waals surface area contributed by atoms with Crippen molar-refractivity contribution in [1.82, 2.24) is 9.55 Å². The van der Waals surface area contributed by atoms with Crippen molar-refractivity contribution in [3.8, 4) is 0 Å². The molecule has 0 N–H and O–H groups in total. The number of esters is 1. The second kappa shape index (κ2) is 8.54. The van der Waals surface area contributed by atoms with Crippen LogP contribution in [0, 0.1) is 13.8 Å². The Labute approximate surface area is 184 Å². The molecule has 0 atom stereocenters. The standard InChI is InChI=1S/C24H21ClN2O2S/c1-15-7-8-17(13-26-15)14-27-16(2)23(21-10-9-19(25)12-22(21)27)30-20-6-4-5-18(11-20)24(28)29-3/h4-13H,14H2,1-3H3. The van der Waals surface area contributed by atoms with Crippen molar-refractivity contribution in [1.29, 1.82) is 0 Å². The number of ether oxygens (including phenoxy) is 1. The Balaban J connectivity index is 1.78. The minimum atomic E-state index is -0.338. The Morgan fingerprint density at radius 1 is 1.13 bits per heavy atom. The fraction of sp³-hybridized carbons (Fsp3) is 0.167. The van der Waals surface area contributed by atoms with Crippen LogP contribution in [0.15, 0.2) is 70.6 Å². The average Bonchev–Trinajstić information content (AvgIpc) is 3.00. The number of benzene rings is 2. The van der Waals surface area contributed by atoms with E-state index in [0.29, 0.717) is 17.1 Å². The van der Waals surface area contributed by atoms with Gasteiger partial charge in [0.25, 0.3) is 0 Å². The maximum atomic E-state index is 11.9. The number of carbonyl (C=O) groups excluding carboxylic acids is 1. The SMILES string of the molecule is COC(=O)c1cccc(Sc2c(C)n(Cc3ccc(C)nc3)c3cc(Cl)ccc23)c1. The van der Waals surface area contributed by atoms with E-state index in [1.807, 2.05) is 49.5 Å². The number of fused-ring (bicyclic) bond motifs is 1. The van der Waals surface area contributed by atoms with Crippen LogP contribution in [-0.4, -0.2) is 22.6 Å². The molecule has 0 saturated carbocycles. The Kier molecular flexibility index (Phi) is 5.84. The number of aryl methyl sites for hydroxylation is 1. The Hall–Kier alpha value is -2.76. The molecule has 2 aromatic heterocycles. The van der Waals surface area contributed by atoms with Crippen molar-refractivity contribution in [3.05, 3.63) is 88.3 Å². The van der Waals surface area contributed by atoms with E-state index in [0.717, 1.165) is 37.6 Å². The summed E-state index contributed by atoms with van der Waals surface area (Å²) < 4.78 is 7.12. The average molecular weight is 437 g/mol. The third-order valence-corrected chi connectivity index (χ3v) is 6.46. The molecule has 2 heterocycles. The largest absolute Gasteiger partial charge is 0.465 e. The smallest absolute Gasteiger partial charge is 0.337 e. The maximum Gasteiger partial charge on any atom is 0.337 e. The Morgan fingerprint density at radius 2 is 1.97 bits per heavy atom. The van der Waals surface area contributed by atoms with Crippen LogP contribution in [0.5, 0.6) is 0 Å². The lowest BCUT2D eigenvalue weighted by Gasteiger charge is -2.09. The van der Waals surface area contributed by atoms with Gasteiger partial charge >= 0.3 is 5.97 Å². The number of halogens is 1. The molecule has 0 bridgehead atoms. The first-order chi connectivity index (χ1) is 14.5. The predicted molar refractivity (Wildman–Crippen MR) is 122 cm³/mol. The molecule has 0 fully saturated rings. The zero-order chi connectivity index (χ0) is 21.3. The molecule has 6 heteroatoms. The van der Waals surface area contributed by atoms with E-state index in [-0.39, 0.29) is 5.97 Å². The number of hydrogen-bond acceptors (Lipinski definition) is 4. The van der Waals surface area contributed by atoms with Gasteiger partial charge in [-0.25, -0.2) is 4.79 Å². The summed E-state index contributed by atoms with van der Waals surface area (Å²) in [7, 11) is 1.39. The van der Waals surface area contributed by atoms with Crippen LogP contribution in [-0.2, 0) is 11.3 Å². The molecule has 4 nitrogen and oxygen atoms in total. The van der Waals surface area contributed by atoms with Crippen LogP contribution in [0.1, 0.15) is 27.3 Å². The second-order valence-electron chi connectivity index (χ2n) is 7.09. The molecule has 0 spiro atoms. The lowest BCUT2D eigenvalue weighted by molar-refractivity contribution is 0.0600. The van der Waals surface area contributed by atoms with E-state index in [2.05, 4.69) is 28.6 Å². The molecular formula is C24H21ClN2O2S. The predicted octanol–water partition coefficient (Wildman–Crippen LogP) is 6.29. The van der Waals surface area contributed by atoms with Gasteiger partial charge in [-0.3, -0.25) is 4.98 Å². The topological polar surface area (TPSA) is 44.1 Å². The highest BCUT2D eigenvalue weighted by atomic mass is 35.5. The fourth-order valence-electron chi connectivity index (χ4n) is 3.45. The van der Waals surface area contributed by atoms with Gasteiger partial charge in [-0.15, -0.1) is 0 Å². The van der Waals surface area contributed by atoms with Gasteiger partial charge in [0.1, 0.15) is 0 Å². The van der Waals surface area contributed by atoms with E-state index < -0.39 is 0 Å². The summed E-state index contributed by atoms with van der Waals surface area (Å²) in [5, 5.41) is 1.83. The zero-order valence-electron chi connectivity index (χ0n) is 17.0. The summed E-state index contributed by atoms with van der Waals surface area (Å²) in [5.74, 6) is -0.338. The van der Waals surface area contributed by atoms with E-state index in [9.17, 15) is 4.79 Å². The second-order valence-corrected chi connectivity index (χ2v) is 8.61. The van der Waals surface area contributed by atoms with Crippen LogP contribution >= 0.6 is 23.4 Å². The summed E-state index contributed by atoms with van der Waals surface area (Å²) in [6.07, 6.45) is 1.91. The van der Waals surface area contributed by atoms with Crippen molar-refractivity contribution in [3.63, 3.8) is 0 Å². The Morgan fingerprint density at radius 3 is 2.70 bits per heavy atom. The van der Waals surface area contributed by atoms with Crippen molar-refractivity contribution in [2.45, 2.75) is 30.2 Å². The van der Waals surface area contributed by atoms with Crippen molar-refractivity contribution < 1.29 is 9.53 Å². The van der Waals surface area contributed by atoms with Crippen LogP contribution in [0.4, 0.5) is 0 Å². The molecule has 0 radical (unpaired) electrons. The Bertz CT molecular complexity index is 1230. The molecule has 0 aliphatic rings. The van der Waals surface area contributed by atoms with E-state index in [1.165, 1.54) is 7.11 Å². The number of nitrogens with zero attached hydrogens (tertiary/aromatic N) is 2. The van der Waals surface area contributed by atoms with E-state index in [4.69, 9.17) is 16.3 Å². The number of rotatable bonds is 5. The highest BCUT2D eigenvalue weighted by Gasteiger charge is 2.17. The molecule has 2 aromatic carbocycles. The first-order valence-electron chi connectivity index (χ1n) is 9.52. The number of hydrogen-bond donors (Lipinski definition) is 0. The maximum absolute atomic E-state index is 11.9. The van der Waals surface area contributed by atoms with Crippen LogP contribution in [0.25, 0.3) is 10.9 Å². The van der Waals surface area contributed by atoms with Crippen LogP contribution < -0.4 is 0 Å². The molecule has 30 heavy (non-hydrogen) atoms. The summed E-state index contributed by atoms with van der Waals surface area (Å²) in [4.78, 5) is 18.5. The van der Waals surface area contributed by atoms with Crippen LogP contribution in [0.2, 0.25) is 5.02 Å². The molecule has 0 aliphatic heterocycles. The molecule has 0 saturated heterocycles. The quantitative estimate of drug-likeness (QED) is 0.345. The third kappa shape index (κ3) is 4.09. The highest BCUT2D eigenvalue weighted by molar-refractivity contribution is 7.99. The highest BCUT2D eigenvalue weighted by Crippen LogP contribution is 2.39. The van der Waals surface area contributed by atoms with Crippen molar-refractivity contribution in [2.24, 2.45) is 0 Å². The van der Waals surface area contributed by atoms with Crippen LogP contribution in [0.3, 0.4) is 0 Å².